The van der Waals surface area contributed by atoms with Gasteiger partial charge in [0.1, 0.15) is 0 Å². The van der Waals surface area contributed by atoms with E-state index in [2.05, 4.69) is 12.2 Å². The first kappa shape index (κ1) is 10.7. The Kier molecular flexibility index (Phi) is 5.77. The fourth-order valence-corrected chi connectivity index (χ4v) is 0.733. The minimum Gasteiger partial charge on any atom is -0.351 e. The van der Waals surface area contributed by atoms with Crippen LogP contribution in [0.25, 0.3) is 0 Å². The summed E-state index contributed by atoms with van der Waals surface area (Å²) in [6, 6.07) is -1.36. The summed E-state index contributed by atoms with van der Waals surface area (Å²) in [7, 11) is 0. The molecule has 5 nitrogen and oxygen atoms in total. The van der Waals surface area contributed by atoms with Crippen LogP contribution in [-0.4, -0.2) is 18.6 Å². The predicted molar refractivity (Wildman–Crippen MR) is 45.6 cm³/mol. The molecule has 0 aromatic heterocycles. The topological polar surface area (TPSA) is 84.2 Å². The Balaban J connectivity index is 3.26. The van der Waals surface area contributed by atoms with Crippen LogP contribution in [0.15, 0.2) is 0 Å². The second-order valence-corrected chi connectivity index (χ2v) is 2.45. The van der Waals surface area contributed by atoms with Crippen LogP contribution in [0.4, 0.5) is 9.59 Å². The van der Waals surface area contributed by atoms with Gasteiger partial charge in [0.25, 0.3) is 0 Å². The van der Waals surface area contributed by atoms with Gasteiger partial charge in [0.2, 0.25) is 0 Å². The first-order valence-corrected chi connectivity index (χ1v) is 4.01. The fraction of sp³-hybridized carbons (Fsp3) is 0.714. The molecule has 0 aliphatic carbocycles. The summed E-state index contributed by atoms with van der Waals surface area (Å²) in [5.74, 6) is 0. The van der Waals surface area contributed by atoms with E-state index in [9.17, 15) is 9.59 Å². The van der Waals surface area contributed by atoms with Gasteiger partial charge < -0.3 is 11.1 Å². The van der Waals surface area contributed by atoms with Crippen LogP contribution in [0.2, 0.25) is 0 Å². The number of unbranched alkanes of at least 4 members (excludes halogenated alkanes) is 2. The van der Waals surface area contributed by atoms with Gasteiger partial charge in [-0.3, -0.25) is 5.32 Å². The van der Waals surface area contributed by atoms with Crippen LogP contribution in [0.5, 0.6) is 0 Å². The SMILES string of the molecule is CCCCCNC(=O)NC(N)=O. The minimum atomic E-state index is -0.831. The molecule has 0 saturated carbocycles. The van der Waals surface area contributed by atoms with E-state index in [1.807, 2.05) is 5.32 Å². The molecule has 5 heteroatoms. The molecule has 0 unspecified atom stereocenters. The van der Waals surface area contributed by atoms with Crippen molar-refractivity contribution in [3.63, 3.8) is 0 Å². The maximum absolute atomic E-state index is 10.7. The number of amides is 4. The lowest BCUT2D eigenvalue weighted by Crippen LogP contribution is -2.42. The van der Waals surface area contributed by atoms with E-state index in [0.29, 0.717) is 6.54 Å². The van der Waals surface area contributed by atoms with Crippen LogP contribution in [0, 0.1) is 0 Å². The lowest BCUT2D eigenvalue weighted by molar-refractivity contribution is 0.231. The normalized spacial score (nSPS) is 9.08. The monoisotopic (exact) mass is 173 g/mol. The zero-order valence-corrected chi connectivity index (χ0v) is 7.22. The van der Waals surface area contributed by atoms with Gasteiger partial charge in [0.15, 0.2) is 0 Å². The molecule has 0 aliphatic heterocycles. The molecular formula is C7H15N3O2. The number of carbonyl (C=O) groups excluding carboxylic acids is 2. The standard InChI is InChI=1S/C7H15N3O2/c1-2-3-4-5-9-7(12)10-6(8)11/h2-5H2,1H3,(H4,8,9,10,11,12). The van der Waals surface area contributed by atoms with Crippen molar-refractivity contribution in [3.8, 4) is 0 Å². The quantitative estimate of drug-likeness (QED) is 0.542. The molecule has 4 amide bonds. The highest BCUT2D eigenvalue weighted by Crippen LogP contribution is 1.90. The minimum absolute atomic E-state index is 0.529. The van der Waals surface area contributed by atoms with Crippen LogP contribution < -0.4 is 16.4 Å². The number of urea groups is 2. The molecular weight excluding hydrogens is 158 g/mol. The van der Waals surface area contributed by atoms with Gasteiger partial charge in [-0.1, -0.05) is 19.8 Å². The third-order valence-electron chi connectivity index (χ3n) is 1.30. The molecule has 4 N–H and O–H groups in total. The third-order valence-corrected chi connectivity index (χ3v) is 1.30. The van der Waals surface area contributed by atoms with Gasteiger partial charge in [0, 0.05) is 6.54 Å². The summed E-state index contributed by atoms with van der Waals surface area (Å²) in [4.78, 5) is 20.8. The number of primary amides is 1. The lowest BCUT2D eigenvalue weighted by Gasteiger charge is -2.03. The van der Waals surface area contributed by atoms with Crippen molar-refractivity contribution in [1.29, 1.82) is 0 Å². The van der Waals surface area contributed by atoms with E-state index in [0.717, 1.165) is 19.3 Å². The second kappa shape index (κ2) is 6.45. The van der Waals surface area contributed by atoms with Crippen molar-refractivity contribution in [2.45, 2.75) is 26.2 Å². The molecule has 0 radical (unpaired) electrons. The summed E-state index contributed by atoms with van der Waals surface area (Å²) >= 11 is 0. The maximum Gasteiger partial charge on any atom is 0.322 e. The molecule has 70 valence electrons. The predicted octanol–water partition coefficient (Wildman–Crippen LogP) is 0.555. The van der Waals surface area contributed by atoms with Gasteiger partial charge in [-0.05, 0) is 6.42 Å². The van der Waals surface area contributed by atoms with Gasteiger partial charge >= 0.3 is 12.1 Å². The third kappa shape index (κ3) is 6.85. The van der Waals surface area contributed by atoms with Crippen molar-refractivity contribution in [2.24, 2.45) is 5.73 Å². The largest absolute Gasteiger partial charge is 0.351 e. The smallest absolute Gasteiger partial charge is 0.322 e. The lowest BCUT2D eigenvalue weighted by atomic mass is 10.2. The van der Waals surface area contributed by atoms with E-state index < -0.39 is 12.1 Å². The molecule has 0 rings (SSSR count). The molecule has 0 atom stereocenters. The summed E-state index contributed by atoms with van der Waals surface area (Å²) in [5.41, 5.74) is 4.71. The Labute approximate surface area is 71.7 Å². The molecule has 0 bridgehead atoms. The summed E-state index contributed by atoms with van der Waals surface area (Å²) in [6.07, 6.45) is 3.08. The van der Waals surface area contributed by atoms with Crippen molar-refractivity contribution >= 4 is 12.1 Å². The van der Waals surface area contributed by atoms with Crippen LogP contribution in [0.1, 0.15) is 26.2 Å². The molecule has 12 heavy (non-hydrogen) atoms. The Hall–Kier alpha value is -1.26. The molecule has 0 aliphatic rings. The second-order valence-electron chi connectivity index (χ2n) is 2.45. The number of hydrogen-bond acceptors (Lipinski definition) is 2. The number of imide groups is 1. The molecule has 0 fully saturated rings. The number of nitrogens with two attached hydrogens (primary N) is 1. The van der Waals surface area contributed by atoms with Gasteiger partial charge in [-0.2, -0.15) is 0 Å². The summed E-state index contributed by atoms with van der Waals surface area (Å²) in [6.45, 7) is 2.65. The number of rotatable bonds is 4. The Bertz CT molecular complexity index is 159. The maximum atomic E-state index is 10.7. The van der Waals surface area contributed by atoms with Gasteiger partial charge in [-0.25, -0.2) is 9.59 Å². The number of hydrogen-bond donors (Lipinski definition) is 3. The fourth-order valence-electron chi connectivity index (χ4n) is 0.733. The number of nitrogens with one attached hydrogen (secondary N) is 2. The van der Waals surface area contributed by atoms with Crippen molar-refractivity contribution in [3.05, 3.63) is 0 Å². The molecule has 0 spiro atoms. The molecule has 0 saturated heterocycles. The van der Waals surface area contributed by atoms with Gasteiger partial charge in [-0.15, -0.1) is 0 Å². The first-order valence-electron chi connectivity index (χ1n) is 4.01. The van der Waals surface area contributed by atoms with E-state index in [-0.39, 0.29) is 0 Å². The van der Waals surface area contributed by atoms with E-state index in [1.165, 1.54) is 0 Å². The van der Waals surface area contributed by atoms with Crippen LogP contribution in [0.3, 0.4) is 0 Å². The first-order chi connectivity index (χ1) is 5.66. The Morgan fingerprint density at radius 3 is 2.50 bits per heavy atom. The molecule has 0 heterocycles. The zero-order valence-electron chi connectivity index (χ0n) is 7.22. The summed E-state index contributed by atoms with van der Waals surface area (Å²) in [5, 5.41) is 4.41. The van der Waals surface area contributed by atoms with Crippen molar-refractivity contribution in [1.82, 2.24) is 10.6 Å². The average molecular weight is 173 g/mol. The van der Waals surface area contributed by atoms with Crippen molar-refractivity contribution < 1.29 is 9.59 Å². The van der Waals surface area contributed by atoms with E-state index in [4.69, 9.17) is 5.73 Å². The van der Waals surface area contributed by atoms with Crippen molar-refractivity contribution in [2.75, 3.05) is 6.54 Å². The highest BCUT2D eigenvalue weighted by atomic mass is 16.2. The van der Waals surface area contributed by atoms with Gasteiger partial charge in [0.05, 0.1) is 0 Å². The van der Waals surface area contributed by atoms with Crippen LogP contribution in [-0.2, 0) is 0 Å². The Morgan fingerprint density at radius 2 is 2.00 bits per heavy atom. The highest BCUT2D eigenvalue weighted by Gasteiger charge is 2.00. The number of carbonyl (C=O) groups is 2. The van der Waals surface area contributed by atoms with E-state index in [1.54, 1.807) is 0 Å². The van der Waals surface area contributed by atoms with E-state index >= 15 is 0 Å². The molecule has 0 aromatic rings. The zero-order chi connectivity index (χ0) is 9.40. The highest BCUT2D eigenvalue weighted by molar-refractivity contribution is 5.92. The molecule has 0 aromatic carbocycles. The summed E-state index contributed by atoms with van der Waals surface area (Å²) < 4.78 is 0. The van der Waals surface area contributed by atoms with Crippen LogP contribution >= 0.6 is 0 Å². The Morgan fingerprint density at radius 1 is 1.33 bits per heavy atom. The average Bonchev–Trinajstić information content (AvgIpc) is 1.97.